The van der Waals surface area contributed by atoms with E-state index in [2.05, 4.69) is 4.98 Å². The molecular weight excluding hydrogens is 402 g/mol. The fourth-order valence-electron chi connectivity index (χ4n) is 3.35. The predicted molar refractivity (Wildman–Crippen MR) is 116 cm³/mol. The Bertz CT molecular complexity index is 1110. The molecule has 0 aliphatic heterocycles. The summed E-state index contributed by atoms with van der Waals surface area (Å²) in [5.41, 5.74) is 6.83. The second-order valence-electron chi connectivity index (χ2n) is 7.00. The Hall–Kier alpha value is -2.81. The molecule has 0 unspecified atom stereocenters. The van der Waals surface area contributed by atoms with Gasteiger partial charge in [0.15, 0.2) is 0 Å². The quantitative estimate of drug-likeness (QED) is 0.514. The SMILES string of the molecule is NCCCN(CCCc1ccc(C(=O)O)cc1)S(=O)(=O)c1cccc2cnccc12. The number of benzene rings is 2. The minimum atomic E-state index is -3.70. The van der Waals surface area contributed by atoms with Gasteiger partial charge in [-0.2, -0.15) is 4.31 Å². The molecule has 0 atom stereocenters. The van der Waals surface area contributed by atoms with Crippen LogP contribution in [-0.2, 0) is 16.4 Å². The molecule has 0 saturated carbocycles. The Morgan fingerprint density at radius 2 is 1.77 bits per heavy atom. The van der Waals surface area contributed by atoms with Crippen molar-refractivity contribution in [1.29, 1.82) is 0 Å². The van der Waals surface area contributed by atoms with Gasteiger partial charge in [-0.25, -0.2) is 13.2 Å². The number of hydrogen-bond donors (Lipinski definition) is 2. The van der Waals surface area contributed by atoms with Crippen molar-refractivity contribution < 1.29 is 18.3 Å². The highest BCUT2D eigenvalue weighted by molar-refractivity contribution is 7.89. The number of aromatic nitrogens is 1. The number of pyridine rings is 1. The number of aryl methyl sites for hydroxylation is 1. The van der Waals surface area contributed by atoms with Gasteiger partial charge in [0.25, 0.3) is 0 Å². The molecule has 3 aromatic rings. The van der Waals surface area contributed by atoms with Gasteiger partial charge < -0.3 is 10.8 Å². The van der Waals surface area contributed by atoms with Crippen molar-refractivity contribution in [2.75, 3.05) is 19.6 Å². The molecule has 1 aromatic heterocycles. The van der Waals surface area contributed by atoms with Gasteiger partial charge >= 0.3 is 5.97 Å². The number of carboxylic acid groups (broad SMARTS) is 1. The molecule has 7 nitrogen and oxygen atoms in total. The summed E-state index contributed by atoms with van der Waals surface area (Å²) in [5, 5.41) is 10.4. The van der Waals surface area contributed by atoms with Crippen molar-refractivity contribution in [2.24, 2.45) is 5.73 Å². The van der Waals surface area contributed by atoms with E-state index in [1.54, 1.807) is 54.9 Å². The summed E-state index contributed by atoms with van der Waals surface area (Å²) in [6.45, 7) is 1.10. The van der Waals surface area contributed by atoms with Crippen molar-refractivity contribution in [2.45, 2.75) is 24.2 Å². The molecule has 3 rings (SSSR count). The third-order valence-electron chi connectivity index (χ3n) is 4.94. The van der Waals surface area contributed by atoms with Crippen molar-refractivity contribution in [3.63, 3.8) is 0 Å². The second-order valence-corrected chi connectivity index (χ2v) is 8.91. The summed E-state index contributed by atoms with van der Waals surface area (Å²) in [7, 11) is -3.70. The number of carboxylic acids is 1. The van der Waals surface area contributed by atoms with E-state index < -0.39 is 16.0 Å². The Kier molecular flexibility index (Phi) is 7.15. The minimum absolute atomic E-state index is 0.233. The van der Waals surface area contributed by atoms with Crippen LogP contribution < -0.4 is 5.73 Å². The van der Waals surface area contributed by atoms with E-state index in [4.69, 9.17) is 10.8 Å². The number of fused-ring (bicyclic) bond motifs is 1. The number of nitrogens with two attached hydrogens (primary N) is 1. The first-order valence-electron chi connectivity index (χ1n) is 9.78. The molecule has 8 heteroatoms. The third-order valence-corrected chi connectivity index (χ3v) is 6.90. The second kappa shape index (κ2) is 9.80. The topological polar surface area (TPSA) is 114 Å². The fourth-order valence-corrected chi connectivity index (χ4v) is 5.08. The summed E-state index contributed by atoms with van der Waals surface area (Å²) >= 11 is 0. The first-order valence-corrected chi connectivity index (χ1v) is 11.2. The Labute approximate surface area is 176 Å². The van der Waals surface area contributed by atoms with Gasteiger partial charge in [0.05, 0.1) is 10.5 Å². The number of sulfonamides is 1. The zero-order valence-electron chi connectivity index (χ0n) is 16.6. The number of aromatic carboxylic acids is 1. The van der Waals surface area contributed by atoms with Crippen LogP contribution in [-0.4, -0.2) is 48.4 Å². The highest BCUT2D eigenvalue weighted by atomic mass is 32.2. The van der Waals surface area contributed by atoms with Crippen LogP contribution in [0.25, 0.3) is 10.8 Å². The van der Waals surface area contributed by atoms with Gasteiger partial charge in [-0.1, -0.05) is 24.3 Å². The van der Waals surface area contributed by atoms with Crippen LogP contribution >= 0.6 is 0 Å². The number of carbonyl (C=O) groups is 1. The lowest BCUT2D eigenvalue weighted by Crippen LogP contribution is -2.34. The molecule has 1 heterocycles. The van der Waals surface area contributed by atoms with Gasteiger partial charge in [0.2, 0.25) is 10.0 Å². The van der Waals surface area contributed by atoms with Gasteiger partial charge in [-0.05, 0) is 55.6 Å². The lowest BCUT2D eigenvalue weighted by molar-refractivity contribution is 0.0697. The van der Waals surface area contributed by atoms with E-state index in [-0.39, 0.29) is 10.5 Å². The van der Waals surface area contributed by atoms with Gasteiger partial charge in [-0.3, -0.25) is 4.98 Å². The molecule has 3 N–H and O–H groups in total. The summed E-state index contributed by atoms with van der Waals surface area (Å²) in [6, 6.07) is 13.6. The van der Waals surface area contributed by atoms with Crippen molar-refractivity contribution in [1.82, 2.24) is 9.29 Å². The lowest BCUT2D eigenvalue weighted by atomic mass is 10.1. The highest BCUT2D eigenvalue weighted by Gasteiger charge is 2.25. The Morgan fingerprint density at radius 1 is 1.03 bits per heavy atom. The largest absolute Gasteiger partial charge is 0.478 e. The van der Waals surface area contributed by atoms with Crippen molar-refractivity contribution in [3.8, 4) is 0 Å². The van der Waals surface area contributed by atoms with Crippen LogP contribution in [0.1, 0.15) is 28.8 Å². The van der Waals surface area contributed by atoms with E-state index in [1.165, 1.54) is 4.31 Å². The maximum Gasteiger partial charge on any atom is 0.335 e. The number of nitrogens with zero attached hydrogens (tertiary/aromatic N) is 2. The van der Waals surface area contributed by atoms with Crippen molar-refractivity contribution >= 4 is 26.8 Å². The van der Waals surface area contributed by atoms with Crippen LogP contribution in [0.4, 0.5) is 0 Å². The molecule has 0 fully saturated rings. The number of hydrogen-bond acceptors (Lipinski definition) is 5. The molecule has 30 heavy (non-hydrogen) atoms. The van der Waals surface area contributed by atoms with Gasteiger partial charge in [0, 0.05) is 36.3 Å². The van der Waals surface area contributed by atoms with Gasteiger partial charge in [0.1, 0.15) is 0 Å². The molecule has 0 spiro atoms. The molecule has 158 valence electrons. The zero-order valence-corrected chi connectivity index (χ0v) is 17.4. The molecular formula is C22H25N3O4S. The van der Waals surface area contributed by atoms with Gasteiger partial charge in [-0.15, -0.1) is 0 Å². The van der Waals surface area contributed by atoms with Crippen LogP contribution in [0.2, 0.25) is 0 Å². The Morgan fingerprint density at radius 3 is 2.47 bits per heavy atom. The van der Waals surface area contributed by atoms with Crippen LogP contribution in [0, 0.1) is 0 Å². The van der Waals surface area contributed by atoms with Crippen LogP contribution in [0.3, 0.4) is 0 Å². The molecule has 0 aliphatic carbocycles. The van der Waals surface area contributed by atoms with E-state index in [9.17, 15) is 13.2 Å². The first-order chi connectivity index (χ1) is 14.4. The Balaban J connectivity index is 1.78. The first kappa shape index (κ1) is 21.9. The maximum absolute atomic E-state index is 13.4. The lowest BCUT2D eigenvalue weighted by Gasteiger charge is -2.23. The predicted octanol–water partition coefficient (Wildman–Crippen LogP) is 2.91. The average Bonchev–Trinajstić information content (AvgIpc) is 2.75. The fraction of sp³-hybridized carbons (Fsp3) is 0.273. The maximum atomic E-state index is 13.4. The molecule has 0 radical (unpaired) electrons. The van der Waals surface area contributed by atoms with E-state index in [1.807, 2.05) is 6.07 Å². The molecule has 0 amide bonds. The van der Waals surface area contributed by atoms with Crippen LogP contribution in [0.5, 0.6) is 0 Å². The zero-order chi connectivity index (χ0) is 21.6. The number of rotatable bonds is 10. The molecule has 2 aromatic carbocycles. The molecule has 0 saturated heterocycles. The van der Waals surface area contributed by atoms with E-state index in [0.29, 0.717) is 44.3 Å². The smallest absolute Gasteiger partial charge is 0.335 e. The normalized spacial score (nSPS) is 11.8. The summed E-state index contributed by atoms with van der Waals surface area (Å²) in [6.07, 6.45) is 5.07. The van der Waals surface area contributed by atoms with E-state index >= 15 is 0 Å². The molecule has 0 aliphatic rings. The molecule has 0 bridgehead atoms. The highest BCUT2D eigenvalue weighted by Crippen LogP contribution is 2.25. The minimum Gasteiger partial charge on any atom is -0.478 e. The summed E-state index contributed by atoms with van der Waals surface area (Å²) in [4.78, 5) is 15.3. The monoisotopic (exact) mass is 427 g/mol. The van der Waals surface area contributed by atoms with Crippen LogP contribution in [0.15, 0.2) is 65.8 Å². The van der Waals surface area contributed by atoms with E-state index in [0.717, 1.165) is 10.9 Å². The average molecular weight is 428 g/mol. The standard InChI is InChI=1S/C22H25N3O4S/c23-12-3-15-25(14-2-4-17-7-9-18(10-8-17)22(26)27)30(28,29)21-6-1-5-19-16-24-13-11-20(19)21/h1,5-11,13,16H,2-4,12,14-15,23H2,(H,26,27). The summed E-state index contributed by atoms with van der Waals surface area (Å²) < 4.78 is 28.3. The van der Waals surface area contributed by atoms with Crippen molar-refractivity contribution in [3.05, 3.63) is 72.1 Å². The third kappa shape index (κ3) is 5.02. The summed E-state index contributed by atoms with van der Waals surface area (Å²) in [5.74, 6) is -0.967.